The fourth-order valence-corrected chi connectivity index (χ4v) is 3.53. The van der Waals surface area contributed by atoms with E-state index in [-0.39, 0.29) is 16.5 Å². The first-order valence-corrected chi connectivity index (χ1v) is 10.0. The number of carbonyl (C=O) groups is 1. The number of halogens is 4. The molecule has 3 rings (SSSR count). The van der Waals surface area contributed by atoms with E-state index >= 15 is 0 Å². The van der Waals surface area contributed by atoms with E-state index in [9.17, 15) is 27.6 Å². The SMILES string of the molecule is COc1ccc(-c2cc(C(F)(F)F)c(C#N)c(SCC(=O)Nc3ccc(F)cc3)n2)cc1. The van der Waals surface area contributed by atoms with Gasteiger partial charge in [0.1, 0.15) is 22.7 Å². The molecule has 0 radical (unpaired) electrons. The second-order valence-electron chi connectivity index (χ2n) is 6.42. The van der Waals surface area contributed by atoms with E-state index in [1.807, 2.05) is 0 Å². The molecule has 0 fully saturated rings. The highest BCUT2D eigenvalue weighted by molar-refractivity contribution is 8.00. The van der Waals surface area contributed by atoms with Crippen LogP contribution in [-0.2, 0) is 11.0 Å². The van der Waals surface area contributed by atoms with Gasteiger partial charge in [0.25, 0.3) is 0 Å². The van der Waals surface area contributed by atoms with Crippen molar-refractivity contribution >= 4 is 23.4 Å². The maximum atomic E-state index is 13.6. The molecule has 0 bridgehead atoms. The summed E-state index contributed by atoms with van der Waals surface area (Å²) in [6.07, 6.45) is -4.79. The molecule has 0 unspecified atom stereocenters. The molecule has 164 valence electrons. The fourth-order valence-electron chi connectivity index (χ4n) is 2.73. The van der Waals surface area contributed by atoms with Gasteiger partial charge >= 0.3 is 6.18 Å². The van der Waals surface area contributed by atoms with Crippen molar-refractivity contribution < 1.29 is 27.1 Å². The number of pyridine rings is 1. The van der Waals surface area contributed by atoms with E-state index in [0.717, 1.165) is 18.2 Å². The van der Waals surface area contributed by atoms with Gasteiger partial charge in [-0.3, -0.25) is 4.79 Å². The van der Waals surface area contributed by atoms with Gasteiger partial charge in [0.15, 0.2) is 0 Å². The molecule has 1 N–H and O–H groups in total. The molecular formula is C22H15F4N3O2S. The third-order valence-corrected chi connectivity index (χ3v) is 5.23. The maximum absolute atomic E-state index is 13.6. The number of aromatic nitrogens is 1. The van der Waals surface area contributed by atoms with Crippen molar-refractivity contribution in [2.75, 3.05) is 18.2 Å². The Balaban J connectivity index is 1.91. The van der Waals surface area contributed by atoms with E-state index in [1.54, 1.807) is 30.3 Å². The summed E-state index contributed by atoms with van der Waals surface area (Å²) in [6, 6.07) is 13.6. The van der Waals surface area contributed by atoms with Gasteiger partial charge in [-0.05, 0) is 54.6 Å². The lowest BCUT2D eigenvalue weighted by Gasteiger charge is -2.14. The van der Waals surface area contributed by atoms with E-state index in [2.05, 4.69) is 10.3 Å². The Labute approximate surface area is 185 Å². The number of alkyl halides is 3. The Morgan fingerprint density at radius 3 is 2.38 bits per heavy atom. The molecule has 1 amide bonds. The van der Waals surface area contributed by atoms with Crippen molar-refractivity contribution in [3.05, 3.63) is 71.5 Å². The minimum absolute atomic E-state index is 0.000390. The molecule has 1 aromatic heterocycles. The fraction of sp³-hybridized carbons (Fsp3) is 0.136. The Morgan fingerprint density at radius 1 is 1.16 bits per heavy atom. The smallest absolute Gasteiger partial charge is 0.417 e. The highest BCUT2D eigenvalue weighted by Gasteiger charge is 2.36. The third-order valence-electron chi connectivity index (χ3n) is 4.26. The average molecular weight is 461 g/mol. The van der Waals surface area contributed by atoms with Gasteiger partial charge in [0.05, 0.1) is 29.7 Å². The monoisotopic (exact) mass is 461 g/mol. The molecule has 0 aliphatic carbocycles. The molecule has 5 nitrogen and oxygen atoms in total. The number of ether oxygens (including phenoxy) is 1. The number of carbonyl (C=O) groups excluding carboxylic acids is 1. The second-order valence-corrected chi connectivity index (χ2v) is 7.38. The van der Waals surface area contributed by atoms with Gasteiger partial charge in [0.2, 0.25) is 5.91 Å². The van der Waals surface area contributed by atoms with Crippen LogP contribution in [0.25, 0.3) is 11.3 Å². The number of anilines is 1. The Bertz CT molecular complexity index is 1160. The van der Waals surface area contributed by atoms with Gasteiger partial charge in [-0.2, -0.15) is 18.4 Å². The zero-order valence-electron chi connectivity index (χ0n) is 16.5. The number of benzene rings is 2. The minimum atomic E-state index is -4.79. The number of nitrogens with zero attached hydrogens (tertiary/aromatic N) is 2. The summed E-state index contributed by atoms with van der Waals surface area (Å²) in [7, 11) is 1.46. The highest BCUT2D eigenvalue weighted by Crippen LogP contribution is 2.38. The van der Waals surface area contributed by atoms with Crippen LogP contribution in [0.15, 0.2) is 59.6 Å². The highest BCUT2D eigenvalue weighted by atomic mass is 32.2. The first-order valence-electron chi connectivity index (χ1n) is 9.06. The van der Waals surface area contributed by atoms with Gasteiger partial charge < -0.3 is 10.1 Å². The van der Waals surface area contributed by atoms with Crippen molar-refractivity contribution in [1.29, 1.82) is 5.26 Å². The molecule has 0 saturated heterocycles. The standard InChI is InChI=1S/C22H15F4N3O2S/c1-31-16-8-2-13(3-9-16)19-10-18(22(24,25)26)17(11-27)21(29-19)32-12-20(30)28-15-6-4-14(23)5-7-15/h2-10H,12H2,1H3,(H,28,30). The van der Waals surface area contributed by atoms with E-state index in [0.29, 0.717) is 28.8 Å². The molecule has 10 heteroatoms. The van der Waals surface area contributed by atoms with Gasteiger partial charge in [0, 0.05) is 11.3 Å². The second kappa shape index (κ2) is 9.70. The predicted octanol–water partition coefficient (Wildman–Crippen LogP) is 5.52. The van der Waals surface area contributed by atoms with Crippen molar-refractivity contribution in [2.24, 2.45) is 0 Å². The van der Waals surface area contributed by atoms with Crippen LogP contribution in [0.4, 0.5) is 23.2 Å². The van der Waals surface area contributed by atoms with Crippen molar-refractivity contribution in [3.8, 4) is 23.1 Å². The van der Waals surface area contributed by atoms with Crippen LogP contribution in [-0.4, -0.2) is 23.8 Å². The number of hydrogen-bond donors (Lipinski definition) is 1. The lowest BCUT2D eigenvalue weighted by atomic mass is 10.1. The lowest BCUT2D eigenvalue weighted by Crippen LogP contribution is -2.15. The van der Waals surface area contributed by atoms with Crippen molar-refractivity contribution in [1.82, 2.24) is 4.98 Å². The average Bonchev–Trinajstić information content (AvgIpc) is 2.78. The summed E-state index contributed by atoms with van der Waals surface area (Å²) in [5.41, 5.74) is -1.08. The zero-order valence-corrected chi connectivity index (χ0v) is 17.4. The van der Waals surface area contributed by atoms with Crippen LogP contribution in [0.2, 0.25) is 0 Å². The van der Waals surface area contributed by atoms with Gasteiger partial charge in [-0.1, -0.05) is 11.8 Å². The topological polar surface area (TPSA) is 75.0 Å². The van der Waals surface area contributed by atoms with E-state index in [4.69, 9.17) is 4.74 Å². The summed E-state index contributed by atoms with van der Waals surface area (Å²) >= 11 is 0.704. The molecule has 32 heavy (non-hydrogen) atoms. The Morgan fingerprint density at radius 2 is 1.81 bits per heavy atom. The summed E-state index contributed by atoms with van der Waals surface area (Å²) < 4.78 is 58.9. The summed E-state index contributed by atoms with van der Waals surface area (Å²) in [5, 5.41) is 11.7. The molecule has 0 saturated carbocycles. The lowest BCUT2D eigenvalue weighted by molar-refractivity contribution is -0.138. The summed E-state index contributed by atoms with van der Waals surface area (Å²) in [6.45, 7) is 0. The van der Waals surface area contributed by atoms with Gasteiger partial charge in [-0.15, -0.1) is 0 Å². The minimum Gasteiger partial charge on any atom is -0.497 e. The zero-order chi connectivity index (χ0) is 23.3. The Kier molecular flexibility index (Phi) is 7.00. The van der Waals surface area contributed by atoms with Crippen LogP contribution >= 0.6 is 11.8 Å². The first kappa shape index (κ1) is 23.1. The number of rotatable bonds is 6. The number of hydrogen-bond acceptors (Lipinski definition) is 5. The van der Waals surface area contributed by atoms with Crippen molar-refractivity contribution in [3.63, 3.8) is 0 Å². The van der Waals surface area contributed by atoms with Crippen LogP contribution in [0.3, 0.4) is 0 Å². The van der Waals surface area contributed by atoms with Crippen LogP contribution in [0.1, 0.15) is 11.1 Å². The number of nitriles is 1. The number of methoxy groups -OCH3 is 1. The number of amides is 1. The van der Waals surface area contributed by atoms with Crippen LogP contribution in [0.5, 0.6) is 5.75 Å². The first-order chi connectivity index (χ1) is 15.2. The normalized spacial score (nSPS) is 11.0. The predicted molar refractivity (Wildman–Crippen MR) is 112 cm³/mol. The molecule has 2 aromatic carbocycles. The number of thioether (sulfide) groups is 1. The molecular weight excluding hydrogens is 446 g/mol. The van der Waals surface area contributed by atoms with Crippen LogP contribution in [0, 0.1) is 17.1 Å². The molecule has 1 heterocycles. The van der Waals surface area contributed by atoms with Crippen molar-refractivity contribution in [2.45, 2.75) is 11.2 Å². The Hall–Kier alpha value is -3.58. The summed E-state index contributed by atoms with van der Waals surface area (Å²) in [5.74, 6) is -0.806. The largest absolute Gasteiger partial charge is 0.497 e. The molecule has 0 spiro atoms. The third kappa shape index (κ3) is 5.56. The molecule has 3 aromatic rings. The number of nitrogens with one attached hydrogen (secondary N) is 1. The quantitative estimate of drug-likeness (QED) is 0.387. The molecule has 0 aliphatic heterocycles. The van der Waals surface area contributed by atoms with E-state index < -0.39 is 29.0 Å². The maximum Gasteiger partial charge on any atom is 0.417 e. The van der Waals surface area contributed by atoms with Crippen LogP contribution < -0.4 is 10.1 Å². The molecule has 0 atom stereocenters. The summed E-state index contributed by atoms with van der Waals surface area (Å²) in [4.78, 5) is 16.4. The molecule has 0 aliphatic rings. The van der Waals surface area contributed by atoms with E-state index in [1.165, 1.54) is 19.2 Å². The van der Waals surface area contributed by atoms with Gasteiger partial charge in [-0.25, -0.2) is 9.37 Å².